The SMILES string of the molecule is CC(C)(O)C#Cc1ccc(-c2csc3[nH]c(=O)c(C#N)c(O)c23)cc1. The molecular weight excluding hydrogens is 336 g/mol. The average Bonchev–Trinajstić information content (AvgIpc) is 2.97. The van der Waals surface area contributed by atoms with E-state index in [2.05, 4.69) is 16.8 Å². The van der Waals surface area contributed by atoms with Crippen molar-refractivity contribution in [2.45, 2.75) is 19.4 Å². The monoisotopic (exact) mass is 350 g/mol. The molecule has 0 atom stereocenters. The van der Waals surface area contributed by atoms with Crippen LogP contribution in [0.15, 0.2) is 34.4 Å². The van der Waals surface area contributed by atoms with Gasteiger partial charge in [0, 0.05) is 16.5 Å². The minimum Gasteiger partial charge on any atom is -0.506 e. The van der Waals surface area contributed by atoms with E-state index < -0.39 is 11.2 Å². The number of aromatic amines is 1. The van der Waals surface area contributed by atoms with E-state index in [9.17, 15) is 15.0 Å². The predicted molar refractivity (Wildman–Crippen MR) is 97.4 cm³/mol. The summed E-state index contributed by atoms with van der Waals surface area (Å²) >= 11 is 1.29. The summed E-state index contributed by atoms with van der Waals surface area (Å²) in [6, 6.07) is 9.03. The summed E-state index contributed by atoms with van der Waals surface area (Å²) in [6.45, 7) is 3.23. The maximum atomic E-state index is 11.8. The highest BCUT2D eigenvalue weighted by molar-refractivity contribution is 7.17. The molecule has 1 aromatic carbocycles. The van der Waals surface area contributed by atoms with E-state index in [-0.39, 0.29) is 11.3 Å². The Hall–Kier alpha value is -3.06. The van der Waals surface area contributed by atoms with Crippen molar-refractivity contribution in [1.82, 2.24) is 4.98 Å². The Balaban J connectivity index is 2.10. The minimum atomic E-state index is -1.06. The standard InChI is InChI=1S/C19H14N2O3S/c1-19(2,24)8-7-11-3-5-12(6-4-11)14-10-25-18-15(14)16(22)13(9-20)17(23)21-18/h3-6,10,24H,1-2H3,(H2,21,22,23). The Morgan fingerprint density at radius 3 is 2.52 bits per heavy atom. The highest BCUT2D eigenvalue weighted by Crippen LogP contribution is 2.38. The lowest BCUT2D eigenvalue weighted by Gasteiger charge is -2.06. The van der Waals surface area contributed by atoms with E-state index in [0.717, 1.165) is 16.7 Å². The van der Waals surface area contributed by atoms with Crippen LogP contribution in [0.5, 0.6) is 5.75 Å². The zero-order chi connectivity index (χ0) is 18.2. The first-order chi connectivity index (χ1) is 11.8. The molecule has 0 saturated carbocycles. The second-order valence-electron chi connectivity index (χ2n) is 6.03. The first kappa shape index (κ1) is 16.8. The number of hydrogen-bond donors (Lipinski definition) is 3. The van der Waals surface area contributed by atoms with E-state index in [0.29, 0.717) is 10.2 Å². The van der Waals surface area contributed by atoms with Gasteiger partial charge >= 0.3 is 0 Å². The molecule has 2 aromatic heterocycles. The summed E-state index contributed by atoms with van der Waals surface area (Å²) < 4.78 is 0. The summed E-state index contributed by atoms with van der Waals surface area (Å²) in [5, 5.41) is 31.3. The molecule has 6 heteroatoms. The topological polar surface area (TPSA) is 97.1 Å². The summed E-state index contributed by atoms with van der Waals surface area (Å²) in [6.07, 6.45) is 0. The van der Waals surface area contributed by atoms with E-state index in [1.54, 1.807) is 19.9 Å². The number of hydrogen-bond acceptors (Lipinski definition) is 5. The zero-order valence-electron chi connectivity index (χ0n) is 13.5. The molecule has 0 aliphatic carbocycles. The molecule has 0 aliphatic rings. The van der Waals surface area contributed by atoms with Crippen molar-refractivity contribution in [3.63, 3.8) is 0 Å². The Labute approximate surface area is 147 Å². The first-order valence-electron chi connectivity index (χ1n) is 7.42. The lowest BCUT2D eigenvalue weighted by Crippen LogP contribution is -2.14. The number of nitrogens with zero attached hydrogens (tertiary/aromatic N) is 1. The Kier molecular flexibility index (Phi) is 4.10. The van der Waals surface area contributed by atoms with Crippen LogP contribution in [0.25, 0.3) is 21.3 Å². The summed E-state index contributed by atoms with van der Waals surface area (Å²) in [5.41, 5.74) is 0.352. The number of aromatic hydroxyl groups is 1. The summed E-state index contributed by atoms with van der Waals surface area (Å²) in [7, 11) is 0. The molecule has 0 saturated heterocycles. The Bertz CT molecular complexity index is 1110. The highest BCUT2D eigenvalue weighted by atomic mass is 32.1. The molecule has 0 spiro atoms. The Morgan fingerprint density at radius 1 is 1.24 bits per heavy atom. The average molecular weight is 350 g/mol. The van der Waals surface area contributed by atoms with Crippen LogP contribution in [0, 0.1) is 23.2 Å². The molecule has 0 amide bonds. The molecule has 2 heterocycles. The molecule has 124 valence electrons. The van der Waals surface area contributed by atoms with Crippen LogP contribution in [-0.2, 0) is 0 Å². The van der Waals surface area contributed by atoms with Gasteiger partial charge in [0.2, 0.25) is 0 Å². The maximum Gasteiger partial charge on any atom is 0.270 e. The lowest BCUT2D eigenvalue weighted by molar-refractivity contribution is 0.143. The molecule has 0 aliphatic heterocycles. The van der Waals surface area contributed by atoms with Gasteiger partial charge in [0.15, 0.2) is 5.56 Å². The normalized spacial score (nSPS) is 11.0. The van der Waals surface area contributed by atoms with Gasteiger partial charge in [0.1, 0.15) is 22.3 Å². The van der Waals surface area contributed by atoms with Gasteiger partial charge in [0.05, 0.1) is 5.39 Å². The second-order valence-corrected chi connectivity index (χ2v) is 6.91. The van der Waals surface area contributed by atoms with E-state index in [1.807, 2.05) is 29.6 Å². The van der Waals surface area contributed by atoms with Crippen molar-refractivity contribution in [1.29, 1.82) is 5.26 Å². The summed E-state index contributed by atoms with van der Waals surface area (Å²) in [4.78, 5) is 14.9. The smallest absolute Gasteiger partial charge is 0.270 e. The number of nitrogens with one attached hydrogen (secondary N) is 1. The van der Waals surface area contributed by atoms with Crippen LogP contribution in [-0.4, -0.2) is 20.8 Å². The number of fused-ring (bicyclic) bond motifs is 1. The van der Waals surface area contributed by atoms with Crippen molar-refractivity contribution >= 4 is 21.6 Å². The van der Waals surface area contributed by atoms with Crippen molar-refractivity contribution < 1.29 is 10.2 Å². The number of pyridine rings is 1. The number of aliphatic hydroxyl groups is 1. The lowest BCUT2D eigenvalue weighted by atomic mass is 10.0. The van der Waals surface area contributed by atoms with Crippen LogP contribution in [0.1, 0.15) is 25.0 Å². The molecule has 25 heavy (non-hydrogen) atoms. The van der Waals surface area contributed by atoms with Crippen LogP contribution in [0.3, 0.4) is 0 Å². The predicted octanol–water partition coefficient (Wildman–Crippen LogP) is 2.96. The van der Waals surface area contributed by atoms with Crippen molar-refractivity contribution in [3.8, 4) is 34.8 Å². The van der Waals surface area contributed by atoms with Gasteiger partial charge in [-0.2, -0.15) is 5.26 Å². The number of nitriles is 1. The third kappa shape index (κ3) is 3.27. The molecular formula is C19H14N2O3S. The van der Waals surface area contributed by atoms with Gasteiger partial charge in [-0.25, -0.2) is 0 Å². The molecule has 5 nitrogen and oxygen atoms in total. The second kappa shape index (κ2) is 6.10. The fraction of sp³-hybridized carbons (Fsp3) is 0.158. The first-order valence-corrected chi connectivity index (χ1v) is 8.30. The van der Waals surface area contributed by atoms with Crippen LogP contribution < -0.4 is 5.56 Å². The van der Waals surface area contributed by atoms with E-state index in [4.69, 9.17) is 5.26 Å². The molecule has 0 radical (unpaired) electrons. The van der Waals surface area contributed by atoms with Crippen LogP contribution >= 0.6 is 11.3 Å². The molecule has 0 unspecified atom stereocenters. The Morgan fingerprint density at radius 2 is 1.92 bits per heavy atom. The van der Waals surface area contributed by atoms with Gasteiger partial charge in [-0.1, -0.05) is 24.0 Å². The quantitative estimate of drug-likeness (QED) is 0.588. The number of thiophene rings is 1. The highest BCUT2D eigenvalue weighted by Gasteiger charge is 2.17. The number of aromatic nitrogens is 1. The van der Waals surface area contributed by atoms with Gasteiger partial charge in [-0.05, 0) is 31.5 Å². The minimum absolute atomic E-state index is 0.292. The van der Waals surface area contributed by atoms with E-state index >= 15 is 0 Å². The third-order valence-corrected chi connectivity index (χ3v) is 4.43. The number of rotatable bonds is 1. The molecule has 0 fully saturated rings. The fourth-order valence-corrected chi connectivity index (χ4v) is 3.32. The molecule has 3 rings (SSSR count). The van der Waals surface area contributed by atoms with Gasteiger partial charge in [0.25, 0.3) is 5.56 Å². The van der Waals surface area contributed by atoms with Gasteiger partial charge in [-0.3, -0.25) is 4.79 Å². The zero-order valence-corrected chi connectivity index (χ0v) is 14.4. The number of benzene rings is 1. The van der Waals surface area contributed by atoms with Gasteiger partial charge < -0.3 is 15.2 Å². The molecule has 3 N–H and O–H groups in total. The van der Waals surface area contributed by atoms with Crippen molar-refractivity contribution in [2.75, 3.05) is 0 Å². The molecule has 3 aromatic rings. The van der Waals surface area contributed by atoms with Crippen molar-refractivity contribution in [3.05, 3.63) is 51.1 Å². The number of H-pyrrole nitrogens is 1. The molecule has 0 bridgehead atoms. The third-order valence-electron chi connectivity index (χ3n) is 3.54. The maximum absolute atomic E-state index is 11.8. The fourth-order valence-electron chi connectivity index (χ4n) is 2.36. The summed E-state index contributed by atoms with van der Waals surface area (Å²) in [5.74, 6) is 5.34. The largest absolute Gasteiger partial charge is 0.506 e. The van der Waals surface area contributed by atoms with Crippen LogP contribution in [0.2, 0.25) is 0 Å². The van der Waals surface area contributed by atoms with Gasteiger partial charge in [-0.15, -0.1) is 11.3 Å². The van der Waals surface area contributed by atoms with Crippen molar-refractivity contribution in [2.24, 2.45) is 0 Å². The van der Waals surface area contributed by atoms with E-state index in [1.165, 1.54) is 11.3 Å². The van der Waals surface area contributed by atoms with Crippen LogP contribution in [0.4, 0.5) is 0 Å².